The first-order valence-corrected chi connectivity index (χ1v) is 11.1. The fourth-order valence-electron chi connectivity index (χ4n) is 3.91. The van der Waals surface area contributed by atoms with Crippen LogP contribution in [0.15, 0.2) is 84.4 Å². The molecule has 0 aliphatic heterocycles. The molecule has 0 bridgehead atoms. The average molecular weight is 447 g/mol. The largest absolute Gasteiger partial charge is 0.489 e. The highest BCUT2D eigenvalue weighted by Crippen LogP contribution is 2.24. The first-order chi connectivity index (χ1) is 16.4. The van der Waals surface area contributed by atoms with Crippen molar-refractivity contribution in [3.63, 3.8) is 0 Å². The van der Waals surface area contributed by atoms with E-state index in [0.29, 0.717) is 12.3 Å². The molecule has 0 saturated heterocycles. The van der Waals surface area contributed by atoms with Gasteiger partial charge >= 0.3 is 0 Å². The molecule has 4 heteroatoms. The number of carbonyl (C=O) groups is 1. The Morgan fingerprint density at radius 2 is 1.71 bits per heavy atom. The molecule has 0 spiro atoms. The number of ether oxygens (including phenoxy) is 1. The van der Waals surface area contributed by atoms with Gasteiger partial charge in [-0.25, -0.2) is 0 Å². The number of hydrogen-bond donors (Lipinski definition) is 1. The molecular formula is C30H26N2O2. The second kappa shape index (κ2) is 10.1. The van der Waals surface area contributed by atoms with Gasteiger partial charge in [-0.3, -0.25) is 4.79 Å². The van der Waals surface area contributed by atoms with E-state index in [4.69, 9.17) is 4.74 Å². The van der Waals surface area contributed by atoms with Crippen molar-refractivity contribution in [1.82, 2.24) is 0 Å². The third kappa shape index (κ3) is 5.16. The maximum atomic E-state index is 12.6. The molecule has 0 heterocycles. The lowest BCUT2D eigenvalue weighted by Crippen LogP contribution is -2.14. The summed E-state index contributed by atoms with van der Waals surface area (Å²) in [6, 6.07) is 27.7. The lowest BCUT2D eigenvalue weighted by atomic mass is 10.0. The van der Waals surface area contributed by atoms with Crippen LogP contribution in [0.2, 0.25) is 0 Å². The van der Waals surface area contributed by atoms with E-state index >= 15 is 0 Å². The molecule has 4 aromatic carbocycles. The van der Waals surface area contributed by atoms with Gasteiger partial charge in [0.1, 0.15) is 24.0 Å². The molecule has 34 heavy (non-hydrogen) atoms. The Morgan fingerprint density at radius 1 is 0.941 bits per heavy atom. The van der Waals surface area contributed by atoms with Gasteiger partial charge in [-0.05, 0) is 72.5 Å². The van der Waals surface area contributed by atoms with Crippen molar-refractivity contribution in [2.75, 3.05) is 5.32 Å². The van der Waals surface area contributed by atoms with Gasteiger partial charge in [0.15, 0.2) is 0 Å². The summed E-state index contributed by atoms with van der Waals surface area (Å²) in [6.07, 6.45) is 1.58. The molecule has 0 aliphatic rings. The molecule has 0 fully saturated rings. The van der Waals surface area contributed by atoms with Gasteiger partial charge in [0.2, 0.25) is 0 Å². The highest BCUT2D eigenvalue weighted by Gasteiger charge is 2.11. The summed E-state index contributed by atoms with van der Waals surface area (Å²) in [5, 5.41) is 14.7. The number of carbonyl (C=O) groups excluding carboxylic acids is 1. The Balaban J connectivity index is 1.46. The van der Waals surface area contributed by atoms with Crippen molar-refractivity contribution in [3.05, 3.63) is 112 Å². The number of aryl methyl sites for hydroxylation is 3. The van der Waals surface area contributed by atoms with Crippen LogP contribution in [0.3, 0.4) is 0 Å². The van der Waals surface area contributed by atoms with Crippen LogP contribution in [0.5, 0.6) is 5.75 Å². The van der Waals surface area contributed by atoms with E-state index < -0.39 is 5.91 Å². The number of fused-ring (bicyclic) bond motifs is 1. The Morgan fingerprint density at radius 3 is 2.44 bits per heavy atom. The van der Waals surface area contributed by atoms with Gasteiger partial charge < -0.3 is 10.1 Å². The topological polar surface area (TPSA) is 62.1 Å². The molecule has 1 amide bonds. The van der Waals surface area contributed by atoms with E-state index in [1.54, 1.807) is 6.08 Å². The normalized spacial score (nSPS) is 11.2. The van der Waals surface area contributed by atoms with Crippen molar-refractivity contribution >= 4 is 28.4 Å². The number of rotatable bonds is 6. The number of nitrogens with zero attached hydrogens (tertiary/aromatic N) is 1. The highest BCUT2D eigenvalue weighted by atomic mass is 16.5. The van der Waals surface area contributed by atoms with E-state index in [1.165, 1.54) is 16.3 Å². The van der Waals surface area contributed by atoms with Crippen LogP contribution in [0.1, 0.15) is 27.8 Å². The lowest BCUT2D eigenvalue weighted by Gasteiger charge is -2.12. The molecule has 0 aromatic heterocycles. The van der Waals surface area contributed by atoms with Gasteiger partial charge in [-0.15, -0.1) is 0 Å². The van der Waals surface area contributed by atoms with Gasteiger partial charge in [-0.2, -0.15) is 5.26 Å². The Hall–Kier alpha value is -4.36. The van der Waals surface area contributed by atoms with Gasteiger partial charge in [0, 0.05) is 11.3 Å². The molecule has 0 aliphatic carbocycles. The van der Waals surface area contributed by atoms with E-state index in [0.717, 1.165) is 28.0 Å². The molecule has 0 radical (unpaired) electrons. The third-order valence-corrected chi connectivity index (χ3v) is 5.84. The molecule has 168 valence electrons. The van der Waals surface area contributed by atoms with Gasteiger partial charge in [-0.1, -0.05) is 66.2 Å². The predicted molar refractivity (Wildman–Crippen MR) is 138 cm³/mol. The maximum absolute atomic E-state index is 12.6. The zero-order chi connectivity index (χ0) is 24.1. The highest BCUT2D eigenvalue weighted by molar-refractivity contribution is 6.10. The number of hydrogen-bond acceptors (Lipinski definition) is 3. The standard InChI is InChI=1S/C30H26N2O2/c1-20-8-15-29(22(3)16-20)32-30(33)25(18-31)17-23-10-13-26(14-11-23)34-19-28-21(2)9-12-24-6-4-5-7-27(24)28/h4-17H,19H2,1-3H3,(H,32,33)/b25-17+. The summed E-state index contributed by atoms with van der Waals surface area (Å²) < 4.78 is 6.05. The molecule has 4 rings (SSSR count). The summed E-state index contributed by atoms with van der Waals surface area (Å²) in [7, 11) is 0. The van der Waals surface area contributed by atoms with Gasteiger partial charge in [0.05, 0.1) is 0 Å². The quantitative estimate of drug-likeness (QED) is 0.259. The van der Waals surface area contributed by atoms with E-state index in [9.17, 15) is 10.1 Å². The van der Waals surface area contributed by atoms with Gasteiger partial charge in [0.25, 0.3) is 5.91 Å². The number of benzene rings is 4. The molecular weight excluding hydrogens is 420 g/mol. The smallest absolute Gasteiger partial charge is 0.266 e. The minimum absolute atomic E-state index is 0.0417. The maximum Gasteiger partial charge on any atom is 0.266 e. The van der Waals surface area contributed by atoms with Crippen LogP contribution in [-0.4, -0.2) is 5.91 Å². The van der Waals surface area contributed by atoms with Crippen molar-refractivity contribution in [2.45, 2.75) is 27.4 Å². The molecule has 4 nitrogen and oxygen atoms in total. The Bertz CT molecular complexity index is 1430. The fraction of sp³-hybridized carbons (Fsp3) is 0.133. The predicted octanol–water partition coefficient (Wildman–Crippen LogP) is 6.89. The third-order valence-electron chi connectivity index (χ3n) is 5.84. The number of nitriles is 1. The summed E-state index contributed by atoms with van der Waals surface area (Å²) >= 11 is 0. The average Bonchev–Trinajstić information content (AvgIpc) is 2.84. The molecule has 0 atom stereocenters. The van der Waals surface area contributed by atoms with Crippen LogP contribution in [0, 0.1) is 32.1 Å². The molecule has 0 unspecified atom stereocenters. The Labute approximate surface area is 200 Å². The van der Waals surface area contributed by atoms with Crippen molar-refractivity contribution in [1.29, 1.82) is 5.26 Å². The zero-order valence-corrected chi connectivity index (χ0v) is 19.6. The van der Waals surface area contributed by atoms with Crippen molar-refractivity contribution in [3.8, 4) is 11.8 Å². The fourth-order valence-corrected chi connectivity index (χ4v) is 3.91. The summed E-state index contributed by atoms with van der Waals surface area (Å²) in [4.78, 5) is 12.6. The Kier molecular flexibility index (Phi) is 6.75. The first kappa shape index (κ1) is 22.8. The summed E-state index contributed by atoms with van der Waals surface area (Å²) in [5.74, 6) is 0.295. The SMILES string of the molecule is Cc1ccc(NC(=O)/C(C#N)=C/c2ccc(OCc3c(C)ccc4ccccc34)cc2)c(C)c1. The second-order valence-electron chi connectivity index (χ2n) is 8.38. The summed E-state index contributed by atoms with van der Waals surface area (Å²) in [6.45, 7) is 6.47. The number of amides is 1. The lowest BCUT2D eigenvalue weighted by molar-refractivity contribution is -0.112. The van der Waals surface area contributed by atoms with Crippen LogP contribution < -0.4 is 10.1 Å². The van der Waals surface area contributed by atoms with Crippen LogP contribution in [-0.2, 0) is 11.4 Å². The summed E-state index contributed by atoms with van der Waals surface area (Å²) in [5.41, 5.74) is 5.91. The minimum Gasteiger partial charge on any atom is -0.489 e. The number of anilines is 1. The minimum atomic E-state index is -0.429. The first-order valence-electron chi connectivity index (χ1n) is 11.1. The van der Waals surface area contributed by atoms with Crippen LogP contribution >= 0.6 is 0 Å². The van der Waals surface area contributed by atoms with Crippen LogP contribution in [0.4, 0.5) is 5.69 Å². The second-order valence-corrected chi connectivity index (χ2v) is 8.38. The van der Waals surface area contributed by atoms with E-state index in [-0.39, 0.29) is 5.57 Å². The van der Waals surface area contributed by atoms with E-state index in [2.05, 4.69) is 36.5 Å². The van der Waals surface area contributed by atoms with E-state index in [1.807, 2.05) is 74.5 Å². The zero-order valence-electron chi connectivity index (χ0n) is 19.6. The van der Waals surface area contributed by atoms with Crippen molar-refractivity contribution < 1.29 is 9.53 Å². The molecule has 4 aromatic rings. The monoisotopic (exact) mass is 446 g/mol. The molecule has 1 N–H and O–H groups in total. The van der Waals surface area contributed by atoms with Crippen LogP contribution in [0.25, 0.3) is 16.8 Å². The van der Waals surface area contributed by atoms with Crippen molar-refractivity contribution in [2.24, 2.45) is 0 Å². The number of nitrogens with one attached hydrogen (secondary N) is 1. The molecule has 0 saturated carbocycles.